The van der Waals surface area contributed by atoms with E-state index in [-0.39, 0.29) is 56.3 Å². The molecule has 5 rings (SSSR count). The number of hydrogen-bond acceptors (Lipinski definition) is 11. The summed E-state index contributed by atoms with van der Waals surface area (Å²) in [4.78, 5) is 38.1. The third-order valence-corrected chi connectivity index (χ3v) is 12.0. The molecule has 0 aromatic heterocycles. The van der Waals surface area contributed by atoms with Crippen molar-refractivity contribution in [2.75, 3.05) is 13.2 Å². The van der Waals surface area contributed by atoms with Gasteiger partial charge in [-0.2, -0.15) is 0 Å². The average Bonchev–Trinajstić information content (AvgIpc) is 3.16. The molecule has 4 aliphatic carbocycles. The van der Waals surface area contributed by atoms with Gasteiger partial charge in [-0.15, -0.1) is 0 Å². The summed E-state index contributed by atoms with van der Waals surface area (Å²) in [6.45, 7) is 4.71. The lowest BCUT2D eigenvalue weighted by Gasteiger charge is -2.67. The monoisotopic (exact) mass is 578 g/mol. The van der Waals surface area contributed by atoms with Crippen LogP contribution in [0.25, 0.3) is 0 Å². The van der Waals surface area contributed by atoms with Crippen LogP contribution in [0.4, 0.5) is 0 Å². The maximum atomic E-state index is 13.4. The first-order chi connectivity index (χ1) is 19.0. The van der Waals surface area contributed by atoms with Gasteiger partial charge >= 0.3 is 11.9 Å². The first-order valence-corrected chi connectivity index (χ1v) is 14.4. The third-order valence-electron chi connectivity index (χ3n) is 12.0. The van der Waals surface area contributed by atoms with Crippen molar-refractivity contribution in [2.24, 2.45) is 22.7 Å². The van der Waals surface area contributed by atoms with Crippen LogP contribution in [0.3, 0.4) is 0 Å². The van der Waals surface area contributed by atoms with Gasteiger partial charge in [0.2, 0.25) is 0 Å². The fourth-order valence-electron chi connectivity index (χ4n) is 9.35. The van der Waals surface area contributed by atoms with Crippen molar-refractivity contribution in [2.45, 2.75) is 107 Å². The molecule has 0 aromatic carbocycles. The summed E-state index contributed by atoms with van der Waals surface area (Å²) in [5.74, 6) is -3.16. The van der Waals surface area contributed by atoms with E-state index in [9.17, 15) is 45.0 Å². The van der Waals surface area contributed by atoms with Crippen molar-refractivity contribution in [1.82, 2.24) is 0 Å². The van der Waals surface area contributed by atoms with Crippen molar-refractivity contribution in [3.8, 4) is 0 Å². The van der Waals surface area contributed by atoms with Crippen LogP contribution >= 0.6 is 0 Å². The minimum absolute atomic E-state index is 0.00570. The molecule has 0 saturated heterocycles. The Morgan fingerprint density at radius 3 is 2.46 bits per heavy atom. The quantitative estimate of drug-likeness (QED) is 0.245. The third kappa shape index (κ3) is 3.62. The SMILES string of the molecule is CC(=O)OC[C@]12CC[C@H]3[C@@H](C[C@@H](O)[C@@]4(O)CC=CC(=O)[C@]34C)[C@]1(O)CC[C@@]2(O)[C@@](C)(O)[C@H]1CC(CO)=C(C)C(=O)O1. The summed E-state index contributed by atoms with van der Waals surface area (Å²) >= 11 is 0. The van der Waals surface area contributed by atoms with Crippen LogP contribution in [-0.2, 0) is 23.9 Å². The number of allylic oxidation sites excluding steroid dienone is 1. The molecule has 0 unspecified atom stereocenters. The summed E-state index contributed by atoms with van der Waals surface area (Å²) in [5, 5.41) is 70.2. The lowest BCUT2D eigenvalue weighted by atomic mass is 9.40. The van der Waals surface area contributed by atoms with Gasteiger partial charge in [0, 0.05) is 18.9 Å². The average molecular weight is 579 g/mol. The Morgan fingerprint density at radius 2 is 1.83 bits per heavy atom. The molecule has 0 aromatic rings. The number of esters is 2. The van der Waals surface area contributed by atoms with E-state index in [4.69, 9.17) is 9.47 Å². The highest BCUT2D eigenvalue weighted by Gasteiger charge is 2.80. The molecule has 41 heavy (non-hydrogen) atoms. The van der Waals surface area contributed by atoms with Crippen LogP contribution in [0.15, 0.2) is 23.3 Å². The molecular weight excluding hydrogens is 536 g/mol. The lowest BCUT2D eigenvalue weighted by molar-refractivity contribution is -0.312. The number of ketones is 1. The summed E-state index contributed by atoms with van der Waals surface area (Å²) in [6.07, 6.45) is 0.199. The molecule has 1 heterocycles. The van der Waals surface area contributed by atoms with Crippen LogP contribution in [0.1, 0.15) is 72.6 Å². The molecule has 0 radical (unpaired) electrons. The van der Waals surface area contributed by atoms with Gasteiger partial charge in [-0.1, -0.05) is 6.08 Å². The molecular formula is C30H42O11. The molecule has 3 saturated carbocycles. The number of aliphatic hydroxyl groups is 6. The first-order valence-electron chi connectivity index (χ1n) is 14.4. The van der Waals surface area contributed by atoms with Gasteiger partial charge in [0.15, 0.2) is 5.78 Å². The predicted octanol–water partition coefficient (Wildman–Crippen LogP) is 0.224. The smallest absolute Gasteiger partial charge is 0.334 e. The summed E-state index contributed by atoms with van der Waals surface area (Å²) < 4.78 is 11.0. The Kier molecular flexibility index (Phi) is 6.97. The minimum Gasteiger partial charge on any atom is -0.465 e. The van der Waals surface area contributed by atoms with Gasteiger partial charge in [-0.25, -0.2) is 4.79 Å². The van der Waals surface area contributed by atoms with Crippen molar-refractivity contribution >= 4 is 17.7 Å². The molecule has 3 fully saturated rings. The van der Waals surface area contributed by atoms with E-state index in [1.807, 2.05) is 0 Å². The topological polar surface area (TPSA) is 191 Å². The zero-order valence-corrected chi connectivity index (χ0v) is 24.1. The van der Waals surface area contributed by atoms with Crippen molar-refractivity contribution in [1.29, 1.82) is 0 Å². The molecule has 10 atom stereocenters. The molecule has 0 amide bonds. The number of fused-ring (bicyclic) bond motifs is 5. The second-order valence-electron chi connectivity index (χ2n) is 13.4. The molecule has 228 valence electrons. The van der Waals surface area contributed by atoms with Gasteiger partial charge in [0.25, 0.3) is 0 Å². The Balaban J connectivity index is 1.62. The van der Waals surface area contributed by atoms with Crippen LogP contribution in [0.2, 0.25) is 0 Å². The molecule has 11 heteroatoms. The zero-order valence-electron chi connectivity index (χ0n) is 24.1. The Morgan fingerprint density at radius 1 is 1.15 bits per heavy atom. The van der Waals surface area contributed by atoms with Crippen molar-refractivity contribution in [3.63, 3.8) is 0 Å². The molecule has 6 N–H and O–H groups in total. The van der Waals surface area contributed by atoms with Gasteiger partial charge in [0.05, 0.1) is 29.1 Å². The molecule has 0 bridgehead atoms. The second-order valence-corrected chi connectivity index (χ2v) is 13.4. The van der Waals surface area contributed by atoms with Crippen LogP contribution in [0, 0.1) is 22.7 Å². The van der Waals surface area contributed by atoms with Crippen LogP contribution < -0.4 is 0 Å². The highest BCUT2D eigenvalue weighted by molar-refractivity contribution is 5.97. The van der Waals surface area contributed by atoms with E-state index >= 15 is 0 Å². The van der Waals surface area contributed by atoms with Crippen LogP contribution in [-0.4, -0.2) is 96.2 Å². The largest absolute Gasteiger partial charge is 0.465 e. The highest BCUT2D eigenvalue weighted by atomic mass is 16.6. The highest BCUT2D eigenvalue weighted by Crippen LogP contribution is 2.71. The Labute approximate surface area is 238 Å². The van der Waals surface area contributed by atoms with Crippen molar-refractivity contribution in [3.05, 3.63) is 23.3 Å². The van der Waals surface area contributed by atoms with Gasteiger partial charge in [0.1, 0.15) is 29.5 Å². The van der Waals surface area contributed by atoms with E-state index in [0.29, 0.717) is 5.57 Å². The second kappa shape index (κ2) is 9.42. The number of aliphatic hydroxyl groups excluding tert-OH is 2. The van der Waals surface area contributed by atoms with Crippen molar-refractivity contribution < 1.29 is 54.5 Å². The number of carbonyl (C=O) groups excluding carboxylic acids is 3. The molecule has 5 aliphatic rings. The Bertz CT molecular complexity index is 1220. The van der Waals surface area contributed by atoms with E-state index in [1.165, 1.54) is 26.8 Å². The van der Waals surface area contributed by atoms with Crippen LogP contribution in [0.5, 0.6) is 0 Å². The van der Waals surface area contributed by atoms with E-state index in [0.717, 1.165) is 0 Å². The summed E-state index contributed by atoms with van der Waals surface area (Å²) in [5.41, 5.74) is -10.5. The summed E-state index contributed by atoms with van der Waals surface area (Å²) in [7, 11) is 0. The predicted molar refractivity (Wildman–Crippen MR) is 142 cm³/mol. The van der Waals surface area contributed by atoms with E-state index < -0.39 is 82.4 Å². The fraction of sp³-hybridized carbons (Fsp3) is 0.767. The number of cyclic esters (lactones) is 1. The maximum absolute atomic E-state index is 13.4. The van der Waals surface area contributed by atoms with Gasteiger partial charge in [-0.05, 0) is 82.8 Å². The Hall–Kier alpha value is -2.15. The molecule has 1 aliphatic heterocycles. The van der Waals surface area contributed by atoms with Gasteiger partial charge < -0.3 is 40.1 Å². The molecule has 0 spiro atoms. The minimum atomic E-state index is -2.18. The number of rotatable bonds is 5. The van der Waals surface area contributed by atoms with E-state index in [1.54, 1.807) is 13.0 Å². The van der Waals surface area contributed by atoms with E-state index in [2.05, 4.69) is 0 Å². The summed E-state index contributed by atoms with van der Waals surface area (Å²) in [6, 6.07) is 0. The standard InChI is InChI=1S/C30H42O11/c1-16-18(14-31)12-23(41-24(16)35)26(4,36)30(39)11-10-28(37)20-13-22(34)29(38)8-5-6-21(33)25(29,3)19(20)7-9-27(28,30)15-40-17(2)32/h5-6,19-20,22-23,31,34,36-39H,7-15H2,1-4H3/t19-,20+,22+,23+,25-,26-,27+,28+,29-,30+/m0/s1. The molecule has 11 nitrogen and oxygen atoms in total. The number of carbonyl (C=O) groups is 3. The van der Waals surface area contributed by atoms with Gasteiger partial charge in [-0.3, -0.25) is 9.59 Å². The normalized spacial score (nSPS) is 47.2. The fourth-order valence-corrected chi connectivity index (χ4v) is 9.35. The lowest BCUT2D eigenvalue weighted by Crippen LogP contribution is -2.77. The maximum Gasteiger partial charge on any atom is 0.334 e. The first kappa shape index (κ1) is 30.3. The number of ether oxygens (including phenoxy) is 2. The number of hydrogen-bond donors (Lipinski definition) is 6. The zero-order chi connectivity index (χ0) is 30.4.